The summed E-state index contributed by atoms with van der Waals surface area (Å²) in [6.45, 7) is 2.14. The Morgan fingerprint density at radius 1 is 1.12 bits per heavy atom. The Balaban J connectivity index is 1.79. The van der Waals surface area contributed by atoms with Gasteiger partial charge in [-0.25, -0.2) is 9.97 Å². The summed E-state index contributed by atoms with van der Waals surface area (Å²) in [6.07, 6.45) is 4.57. The van der Waals surface area contributed by atoms with Gasteiger partial charge in [-0.3, -0.25) is 4.68 Å². The molecule has 6 heteroatoms. The van der Waals surface area contributed by atoms with Crippen molar-refractivity contribution in [2.45, 2.75) is 13.3 Å². The van der Waals surface area contributed by atoms with E-state index in [2.05, 4.69) is 45.5 Å². The number of rotatable bonds is 4. The van der Waals surface area contributed by atoms with E-state index in [4.69, 9.17) is 5.73 Å². The highest BCUT2D eigenvalue weighted by Gasteiger charge is 2.10. The van der Waals surface area contributed by atoms with E-state index in [1.807, 2.05) is 37.5 Å². The number of hydrogen-bond donors (Lipinski definition) is 2. The normalized spacial score (nSPS) is 11.0. The second-order valence-corrected chi connectivity index (χ2v) is 6.19. The first kappa shape index (κ1) is 16.1. The van der Waals surface area contributed by atoms with Crippen LogP contribution in [0.15, 0.2) is 54.9 Å². The van der Waals surface area contributed by atoms with Gasteiger partial charge >= 0.3 is 0 Å². The van der Waals surface area contributed by atoms with Crippen molar-refractivity contribution in [3.63, 3.8) is 0 Å². The highest BCUT2D eigenvalue weighted by molar-refractivity contribution is 5.94. The Hall–Kier alpha value is -3.41. The highest BCUT2D eigenvalue weighted by atomic mass is 15.3. The summed E-state index contributed by atoms with van der Waals surface area (Å²) in [5, 5.41) is 9.37. The summed E-state index contributed by atoms with van der Waals surface area (Å²) >= 11 is 0. The van der Waals surface area contributed by atoms with Crippen molar-refractivity contribution in [1.29, 1.82) is 0 Å². The molecule has 3 heterocycles. The van der Waals surface area contributed by atoms with Crippen LogP contribution in [0, 0.1) is 0 Å². The summed E-state index contributed by atoms with van der Waals surface area (Å²) in [5.41, 5.74) is 9.44. The maximum absolute atomic E-state index is 6.20. The second-order valence-electron chi connectivity index (χ2n) is 6.19. The van der Waals surface area contributed by atoms with E-state index in [1.165, 1.54) is 5.56 Å². The van der Waals surface area contributed by atoms with Gasteiger partial charge in [-0.1, -0.05) is 31.2 Å². The van der Waals surface area contributed by atoms with E-state index in [1.54, 1.807) is 10.9 Å². The molecule has 0 saturated heterocycles. The molecule has 0 unspecified atom stereocenters. The zero-order valence-electron chi connectivity index (χ0n) is 14.8. The molecule has 0 aliphatic heterocycles. The average Bonchev–Trinajstić information content (AvgIpc) is 3.06. The highest BCUT2D eigenvalue weighted by Crippen LogP contribution is 2.29. The van der Waals surface area contributed by atoms with Crippen LogP contribution in [-0.2, 0) is 13.5 Å². The van der Waals surface area contributed by atoms with Gasteiger partial charge in [0.2, 0.25) is 0 Å². The van der Waals surface area contributed by atoms with Crippen molar-refractivity contribution >= 4 is 28.2 Å². The monoisotopic (exact) mass is 344 g/mol. The molecule has 0 radical (unpaired) electrons. The first-order chi connectivity index (χ1) is 12.6. The van der Waals surface area contributed by atoms with Crippen LogP contribution in [0.5, 0.6) is 0 Å². The summed E-state index contributed by atoms with van der Waals surface area (Å²) in [6, 6.07) is 14.2. The van der Waals surface area contributed by atoms with Crippen molar-refractivity contribution in [2.75, 3.05) is 11.1 Å². The second kappa shape index (κ2) is 6.48. The molecule has 26 heavy (non-hydrogen) atoms. The van der Waals surface area contributed by atoms with Gasteiger partial charge in [-0.15, -0.1) is 0 Å². The molecule has 0 atom stereocenters. The van der Waals surface area contributed by atoms with Crippen molar-refractivity contribution < 1.29 is 0 Å². The molecule has 0 saturated carbocycles. The SMILES string of the molecule is CCc1ccccc1-c1cc2cc(Nc3ccn(C)n3)ncc2c(N)n1. The van der Waals surface area contributed by atoms with Crippen LogP contribution in [0.1, 0.15) is 12.5 Å². The van der Waals surface area contributed by atoms with E-state index in [0.717, 1.165) is 40.1 Å². The standard InChI is InChI=1S/C20H20N6/c1-3-13-6-4-5-7-15(13)17-10-14-11-19(22-12-16(14)20(21)23-17)24-18-8-9-26(2)25-18/h4-12H,3H2,1-2H3,(H2,21,23)(H,22,24,25). The molecule has 130 valence electrons. The smallest absolute Gasteiger partial charge is 0.153 e. The number of aromatic nitrogens is 4. The topological polar surface area (TPSA) is 81.7 Å². The lowest BCUT2D eigenvalue weighted by Crippen LogP contribution is -1.99. The number of nitrogen functional groups attached to an aromatic ring is 1. The van der Waals surface area contributed by atoms with Gasteiger partial charge in [0.15, 0.2) is 5.82 Å². The number of hydrogen-bond acceptors (Lipinski definition) is 5. The molecular formula is C20H20N6. The lowest BCUT2D eigenvalue weighted by atomic mass is 10.0. The van der Waals surface area contributed by atoms with Crippen LogP contribution < -0.4 is 11.1 Å². The third kappa shape index (κ3) is 2.97. The van der Waals surface area contributed by atoms with Crippen LogP contribution in [0.3, 0.4) is 0 Å². The number of aryl methyl sites for hydroxylation is 2. The average molecular weight is 344 g/mol. The molecular weight excluding hydrogens is 324 g/mol. The predicted octanol–water partition coefficient (Wildman–Crippen LogP) is 3.92. The lowest BCUT2D eigenvalue weighted by Gasteiger charge is -2.11. The minimum absolute atomic E-state index is 0.486. The van der Waals surface area contributed by atoms with E-state index < -0.39 is 0 Å². The molecule has 0 spiro atoms. The molecule has 4 aromatic rings. The number of benzene rings is 1. The molecule has 0 bridgehead atoms. The van der Waals surface area contributed by atoms with Gasteiger partial charge in [0.05, 0.1) is 5.69 Å². The molecule has 3 N–H and O–H groups in total. The van der Waals surface area contributed by atoms with Crippen LogP contribution in [0.2, 0.25) is 0 Å². The molecule has 0 aliphatic rings. The van der Waals surface area contributed by atoms with Gasteiger partial charge in [-0.05, 0) is 29.5 Å². The maximum Gasteiger partial charge on any atom is 0.153 e. The third-order valence-corrected chi connectivity index (χ3v) is 4.39. The summed E-state index contributed by atoms with van der Waals surface area (Å²) in [7, 11) is 1.88. The van der Waals surface area contributed by atoms with Crippen molar-refractivity contribution in [3.05, 3.63) is 60.4 Å². The fourth-order valence-corrected chi connectivity index (χ4v) is 3.07. The minimum atomic E-state index is 0.486. The van der Waals surface area contributed by atoms with Gasteiger partial charge in [0.25, 0.3) is 0 Å². The molecule has 3 aromatic heterocycles. The molecule has 4 rings (SSSR count). The summed E-state index contributed by atoms with van der Waals surface area (Å²) in [4.78, 5) is 9.03. The molecule has 0 amide bonds. The van der Waals surface area contributed by atoms with Crippen LogP contribution in [-0.4, -0.2) is 19.7 Å². The van der Waals surface area contributed by atoms with E-state index in [-0.39, 0.29) is 0 Å². The van der Waals surface area contributed by atoms with E-state index >= 15 is 0 Å². The van der Waals surface area contributed by atoms with Crippen molar-refractivity contribution in [1.82, 2.24) is 19.7 Å². The van der Waals surface area contributed by atoms with Crippen LogP contribution in [0.4, 0.5) is 17.5 Å². The minimum Gasteiger partial charge on any atom is -0.383 e. The lowest BCUT2D eigenvalue weighted by molar-refractivity contribution is 0.771. The quantitative estimate of drug-likeness (QED) is 0.586. The molecule has 0 aliphatic carbocycles. The molecule has 1 aromatic carbocycles. The number of nitrogens with zero attached hydrogens (tertiary/aromatic N) is 4. The van der Waals surface area contributed by atoms with Crippen molar-refractivity contribution in [3.8, 4) is 11.3 Å². The number of anilines is 3. The Labute approximate surface area is 151 Å². The zero-order valence-corrected chi connectivity index (χ0v) is 14.8. The predicted molar refractivity (Wildman–Crippen MR) is 105 cm³/mol. The van der Waals surface area contributed by atoms with Gasteiger partial charge in [0, 0.05) is 36.5 Å². The fourth-order valence-electron chi connectivity index (χ4n) is 3.07. The zero-order chi connectivity index (χ0) is 18.1. The van der Waals surface area contributed by atoms with Gasteiger partial charge in [0.1, 0.15) is 11.6 Å². The molecule has 6 nitrogen and oxygen atoms in total. The Bertz CT molecular complexity index is 1080. The van der Waals surface area contributed by atoms with Gasteiger partial charge < -0.3 is 11.1 Å². The third-order valence-electron chi connectivity index (χ3n) is 4.39. The van der Waals surface area contributed by atoms with E-state index in [9.17, 15) is 0 Å². The largest absolute Gasteiger partial charge is 0.383 e. The molecule has 0 fully saturated rings. The Kier molecular flexibility index (Phi) is 4.01. The van der Waals surface area contributed by atoms with Crippen molar-refractivity contribution in [2.24, 2.45) is 7.05 Å². The number of nitrogens with one attached hydrogen (secondary N) is 1. The summed E-state index contributed by atoms with van der Waals surface area (Å²) in [5.74, 6) is 1.95. The van der Waals surface area contributed by atoms with Crippen LogP contribution in [0.25, 0.3) is 22.0 Å². The van der Waals surface area contributed by atoms with Crippen LogP contribution >= 0.6 is 0 Å². The van der Waals surface area contributed by atoms with Gasteiger partial charge in [-0.2, -0.15) is 5.10 Å². The summed E-state index contributed by atoms with van der Waals surface area (Å²) < 4.78 is 1.74. The Morgan fingerprint density at radius 2 is 1.96 bits per heavy atom. The van der Waals surface area contributed by atoms with E-state index in [0.29, 0.717) is 5.82 Å². The number of fused-ring (bicyclic) bond motifs is 1. The fraction of sp³-hybridized carbons (Fsp3) is 0.150. The number of nitrogens with two attached hydrogens (primary N) is 1. The Morgan fingerprint density at radius 3 is 2.73 bits per heavy atom. The number of pyridine rings is 2. The first-order valence-corrected chi connectivity index (χ1v) is 8.55. The maximum atomic E-state index is 6.20. The first-order valence-electron chi connectivity index (χ1n) is 8.55.